The van der Waals surface area contributed by atoms with Crippen LogP contribution in [0.25, 0.3) is 11.4 Å². The number of halogens is 3. The fourth-order valence-electron chi connectivity index (χ4n) is 2.82. The summed E-state index contributed by atoms with van der Waals surface area (Å²) in [5.41, 5.74) is 1.94. The summed E-state index contributed by atoms with van der Waals surface area (Å²) in [4.78, 5) is 14.8. The quantitative estimate of drug-likeness (QED) is 0.411. The first-order valence-electron chi connectivity index (χ1n) is 8.88. The predicted molar refractivity (Wildman–Crippen MR) is 95.9 cm³/mol. The molecule has 0 saturated carbocycles. The van der Waals surface area contributed by atoms with Crippen molar-refractivity contribution in [1.29, 1.82) is 0 Å². The standard InChI is InChI=1S/C19H18F3N3O5/c1-10-7-12(16-23-18(30-25-16)19(20,21)22)8-11(2)15(10)28-6-4-5-13-9-14(24-29-13)17(26)27-3/h7-9H,4-6H2,1-3H3. The normalized spacial score (nSPS) is 11.5. The number of hydrogen-bond donors (Lipinski definition) is 0. The van der Waals surface area contributed by atoms with Crippen molar-refractivity contribution < 1.29 is 36.5 Å². The van der Waals surface area contributed by atoms with Crippen LogP contribution in [0.3, 0.4) is 0 Å². The van der Waals surface area contributed by atoms with Crippen molar-refractivity contribution in [3.8, 4) is 17.1 Å². The van der Waals surface area contributed by atoms with Gasteiger partial charge in [-0.15, -0.1) is 0 Å². The van der Waals surface area contributed by atoms with Gasteiger partial charge in [0.05, 0.1) is 13.7 Å². The molecule has 0 N–H and O–H groups in total. The van der Waals surface area contributed by atoms with Crippen LogP contribution in [-0.2, 0) is 17.3 Å². The Kier molecular flexibility index (Phi) is 6.09. The van der Waals surface area contributed by atoms with E-state index >= 15 is 0 Å². The third kappa shape index (κ3) is 4.78. The Morgan fingerprint density at radius 1 is 1.10 bits per heavy atom. The number of benzene rings is 1. The lowest BCUT2D eigenvalue weighted by Crippen LogP contribution is -2.05. The lowest BCUT2D eigenvalue weighted by Gasteiger charge is -2.13. The largest absolute Gasteiger partial charge is 0.493 e. The van der Waals surface area contributed by atoms with Crippen molar-refractivity contribution >= 4 is 5.97 Å². The predicted octanol–water partition coefficient (Wildman–Crippen LogP) is 4.16. The van der Waals surface area contributed by atoms with Gasteiger partial charge in [0.1, 0.15) is 11.5 Å². The minimum atomic E-state index is -4.69. The Bertz CT molecular complexity index is 1020. The lowest BCUT2D eigenvalue weighted by atomic mass is 10.1. The van der Waals surface area contributed by atoms with Crippen LogP contribution in [0, 0.1) is 13.8 Å². The van der Waals surface area contributed by atoms with Crippen molar-refractivity contribution in [2.45, 2.75) is 32.9 Å². The summed E-state index contributed by atoms with van der Waals surface area (Å²) < 4.78 is 57.7. The summed E-state index contributed by atoms with van der Waals surface area (Å²) in [6, 6.07) is 4.77. The number of carbonyl (C=O) groups is 1. The summed E-state index contributed by atoms with van der Waals surface area (Å²) >= 11 is 0. The van der Waals surface area contributed by atoms with E-state index in [0.717, 1.165) is 11.1 Å². The maximum absolute atomic E-state index is 12.6. The van der Waals surface area contributed by atoms with Crippen molar-refractivity contribution in [3.05, 3.63) is 46.7 Å². The van der Waals surface area contributed by atoms with E-state index in [9.17, 15) is 18.0 Å². The molecule has 1 aromatic carbocycles. The Labute approximate surface area is 169 Å². The molecule has 30 heavy (non-hydrogen) atoms. The molecule has 3 rings (SSSR count). The third-order valence-corrected chi connectivity index (χ3v) is 4.15. The van der Waals surface area contributed by atoms with Gasteiger partial charge in [-0.1, -0.05) is 10.3 Å². The van der Waals surface area contributed by atoms with Crippen molar-refractivity contribution in [1.82, 2.24) is 15.3 Å². The van der Waals surface area contributed by atoms with Gasteiger partial charge in [0, 0.05) is 18.1 Å². The van der Waals surface area contributed by atoms with E-state index in [1.165, 1.54) is 13.2 Å². The second-order valence-corrected chi connectivity index (χ2v) is 6.48. The average molecular weight is 425 g/mol. The molecule has 0 spiro atoms. The molecule has 0 aliphatic rings. The second-order valence-electron chi connectivity index (χ2n) is 6.48. The smallest absolute Gasteiger partial charge is 0.471 e. The monoisotopic (exact) mass is 425 g/mol. The van der Waals surface area contributed by atoms with Gasteiger partial charge in [-0.3, -0.25) is 0 Å². The number of alkyl halides is 3. The molecule has 0 bridgehead atoms. The number of esters is 1. The molecule has 0 fully saturated rings. The van der Waals surface area contributed by atoms with Crippen molar-refractivity contribution in [3.63, 3.8) is 0 Å². The highest BCUT2D eigenvalue weighted by Crippen LogP contribution is 2.32. The van der Waals surface area contributed by atoms with E-state index in [-0.39, 0.29) is 11.5 Å². The van der Waals surface area contributed by atoms with Crippen LogP contribution < -0.4 is 4.74 Å². The van der Waals surface area contributed by atoms with Crippen molar-refractivity contribution in [2.75, 3.05) is 13.7 Å². The fourth-order valence-corrected chi connectivity index (χ4v) is 2.82. The van der Waals surface area contributed by atoms with Gasteiger partial charge in [-0.2, -0.15) is 18.2 Å². The SMILES string of the molecule is COC(=O)c1cc(CCCOc2c(C)cc(-c3noc(C(F)(F)F)n3)cc2C)on1. The summed E-state index contributed by atoms with van der Waals surface area (Å²) in [6.45, 7) is 3.90. The van der Waals surface area contributed by atoms with Gasteiger partial charge in [0.2, 0.25) is 5.82 Å². The first kappa shape index (κ1) is 21.3. The maximum Gasteiger partial charge on any atom is 0.471 e. The van der Waals surface area contributed by atoms with E-state index in [0.29, 0.717) is 36.5 Å². The molecule has 0 unspecified atom stereocenters. The Hall–Kier alpha value is -3.37. The first-order chi connectivity index (χ1) is 14.2. The van der Waals surface area contributed by atoms with E-state index in [2.05, 4.69) is 24.6 Å². The lowest BCUT2D eigenvalue weighted by molar-refractivity contribution is -0.159. The number of aryl methyl sites for hydroxylation is 3. The molecule has 0 aliphatic carbocycles. The number of ether oxygens (including phenoxy) is 2. The molecule has 2 heterocycles. The summed E-state index contributed by atoms with van der Waals surface area (Å²) in [7, 11) is 1.26. The molecule has 11 heteroatoms. The highest BCUT2D eigenvalue weighted by Gasteiger charge is 2.38. The van der Waals surface area contributed by atoms with Crippen LogP contribution in [0.1, 0.15) is 39.7 Å². The number of hydrogen-bond acceptors (Lipinski definition) is 8. The molecule has 160 valence electrons. The van der Waals surface area contributed by atoms with Crippen LogP contribution in [-0.4, -0.2) is 35.0 Å². The van der Waals surface area contributed by atoms with E-state index in [1.807, 2.05) is 0 Å². The summed E-state index contributed by atoms with van der Waals surface area (Å²) in [5.74, 6) is -0.967. The molecule has 3 aromatic rings. The number of nitrogens with zero attached hydrogens (tertiary/aromatic N) is 3. The third-order valence-electron chi connectivity index (χ3n) is 4.15. The molecule has 2 aromatic heterocycles. The van der Waals surface area contributed by atoms with Gasteiger partial charge in [-0.05, 0) is 43.5 Å². The zero-order valence-corrected chi connectivity index (χ0v) is 16.4. The van der Waals surface area contributed by atoms with Crippen LogP contribution in [0.5, 0.6) is 5.75 Å². The molecule has 0 saturated heterocycles. The van der Waals surface area contributed by atoms with Crippen LogP contribution in [0.2, 0.25) is 0 Å². The highest BCUT2D eigenvalue weighted by atomic mass is 19.4. The molecule has 0 amide bonds. The highest BCUT2D eigenvalue weighted by molar-refractivity contribution is 5.86. The number of rotatable bonds is 7. The molecule has 0 radical (unpaired) electrons. The maximum atomic E-state index is 12.6. The topological polar surface area (TPSA) is 100 Å². The summed E-state index contributed by atoms with van der Waals surface area (Å²) in [5, 5.41) is 7.03. The average Bonchev–Trinajstić information content (AvgIpc) is 3.35. The number of aromatic nitrogens is 3. The number of carbonyl (C=O) groups excluding carboxylic acids is 1. The number of methoxy groups -OCH3 is 1. The Morgan fingerprint density at radius 2 is 1.80 bits per heavy atom. The van der Waals surface area contributed by atoms with Gasteiger partial charge in [-0.25, -0.2) is 4.79 Å². The van der Waals surface area contributed by atoms with Crippen LogP contribution in [0.4, 0.5) is 13.2 Å². The minimum absolute atomic E-state index is 0.103. The molecular weight excluding hydrogens is 407 g/mol. The van der Waals surface area contributed by atoms with Crippen molar-refractivity contribution in [2.24, 2.45) is 0 Å². The summed E-state index contributed by atoms with van der Waals surface area (Å²) in [6.07, 6.45) is -3.60. The van der Waals surface area contributed by atoms with Gasteiger partial charge < -0.3 is 18.5 Å². The second kappa shape index (κ2) is 8.56. The molecule has 8 nitrogen and oxygen atoms in total. The van der Waals surface area contributed by atoms with Gasteiger partial charge >= 0.3 is 18.0 Å². The van der Waals surface area contributed by atoms with E-state index in [1.54, 1.807) is 26.0 Å². The minimum Gasteiger partial charge on any atom is -0.493 e. The Balaban J connectivity index is 1.61. The van der Waals surface area contributed by atoms with Crippen LogP contribution >= 0.6 is 0 Å². The van der Waals surface area contributed by atoms with E-state index in [4.69, 9.17) is 9.26 Å². The first-order valence-corrected chi connectivity index (χ1v) is 8.88. The van der Waals surface area contributed by atoms with Gasteiger partial charge in [0.15, 0.2) is 5.69 Å². The van der Waals surface area contributed by atoms with Gasteiger partial charge in [0.25, 0.3) is 0 Å². The fraction of sp³-hybridized carbons (Fsp3) is 0.368. The zero-order valence-electron chi connectivity index (χ0n) is 16.4. The molecular formula is C19H18F3N3O5. The molecule has 0 atom stereocenters. The van der Waals surface area contributed by atoms with Crippen LogP contribution in [0.15, 0.2) is 27.2 Å². The molecule has 0 aliphatic heterocycles. The Morgan fingerprint density at radius 3 is 2.40 bits per heavy atom. The van der Waals surface area contributed by atoms with E-state index < -0.39 is 18.0 Å². The zero-order chi connectivity index (χ0) is 21.9.